The zero-order chi connectivity index (χ0) is 8.48. The first kappa shape index (κ1) is 7.91. The van der Waals surface area contributed by atoms with Gasteiger partial charge in [0, 0.05) is 5.56 Å². The maximum absolute atomic E-state index is 11.8. The van der Waals surface area contributed by atoms with E-state index in [1.807, 2.05) is 0 Å². The zero-order valence-electron chi connectivity index (χ0n) is 5.35. The van der Waals surface area contributed by atoms with Gasteiger partial charge in [-0.3, -0.25) is 0 Å². The molecule has 11 heavy (non-hydrogen) atoms. The number of rotatable bonds is 0. The van der Waals surface area contributed by atoms with E-state index in [4.69, 9.17) is 0 Å². The first-order chi connectivity index (χ1) is 5.02. The summed E-state index contributed by atoms with van der Waals surface area (Å²) in [5, 5.41) is 10.5. The molecule has 0 radical (unpaired) electrons. The average molecular weight is 161 g/mol. The van der Waals surface area contributed by atoms with E-state index in [0.717, 1.165) is 12.1 Å². The molecule has 0 heterocycles. The minimum absolute atomic E-state index is 0.766. The van der Waals surface area contributed by atoms with Crippen LogP contribution in [0.1, 0.15) is 5.56 Å². The molecule has 0 unspecified atom stereocenters. The molecule has 0 atom stereocenters. The summed E-state index contributed by atoms with van der Waals surface area (Å²) in [6.45, 7) is 0. The van der Waals surface area contributed by atoms with Crippen molar-refractivity contribution in [2.24, 2.45) is 0 Å². The fourth-order valence-electron chi connectivity index (χ4n) is 0.701. The predicted octanol–water partition coefficient (Wildman–Crippen LogP) is 1.78. The Morgan fingerprint density at radius 1 is 1.09 bits per heavy atom. The lowest BCUT2D eigenvalue weighted by molar-refractivity contribution is -0.276. The number of hydrogen-bond acceptors (Lipinski definition) is 1. The molecule has 0 spiro atoms. The zero-order valence-corrected chi connectivity index (χ0v) is 5.35. The Labute approximate surface area is 61.1 Å². The predicted molar refractivity (Wildman–Crippen MR) is 30.9 cm³/mol. The Balaban J connectivity index is 3.14. The second kappa shape index (κ2) is 2.45. The van der Waals surface area contributed by atoms with Crippen LogP contribution in [0.15, 0.2) is 24.3 Å². The van der Waals surface area contributed by atoms with E-state index in [9.17, 15) is 18.3 Å². The van der Waals surface area contributed by atoms with Crippen molar-refractivity contribution in [2.45, 2.75) is 6.18 Å². The van der Waals surface area contributed by atoms with Crippen molar-refractivity contribution in [1.29, 1.82) is 0 Å². The lowest BCUT2D eigenvalue weighted by Gasteiger charge is -2.14. The lowest BCUT2D eigenvalue weighted by atomic mass is 10.2. The van der Waals surface area contributed by atoms with E-state index < -0.39 is 17.5 Å². The third-order valence-corrected chi connectivity index (χ3v) is 1.19. The van der Waals surface area contributed by atoms with E-state index in [0.29, 0.717) is 0 Å². The SMILES string of the molecule is [O-]c1ccccc1C(F)(F)F. The standard InChI is InChI=1S/C7H5F3O/c8-7(9,10)5-3-1-2-4-6(5)11/h1-4,11H/p-1. The van der Waals surface area contributed by atoms with Gasteiger partial charge in [-0.2, -0.15) is 13.2 Å². The van der Waals surface area contributed by atoms with Crippen LogP contribution in [-0.2, 0) is 6.18 Å². The summed E-state index contributed by atoms with van der Waals surface area (Å²) in [4.78, 5) is 0. The van der Waals surface area contributed by atoms with Crippen LogP contribution in [0.25, 0.3) is 0 Å². The molecule has 0 aliphatic carbocycles. The first-order valence-corrected chi connectivity index (χ1v) is 2.85. The average Bonchev–Trinajstić information content (AvgIpc) is 1.86. The molecule has 0 saturated heterocycles. The summed E-state index contributed by atoms with van der Waals surface area (Å²) >= 11 is 0. The van der Waals surface area contributed by atoms with Crippen LogP contribution in [0.3, 0.4) is 0 Å². The number of hydrogen-bond donors (Lipinski definition) is 0. The van der Waals surface area contributed by atoms with Gasteiger partial charge in [0.25, 0.3) is 0 Å². The Morgan fingerprint density at radius 3 is 2.00 bits per heavy atom. The van der Waals surface area contributed by atoms with Gasteiger partial charge >= 0.3 is 6.18 Å². The van der Waals surface area contributed by atoms with Crippen LogP contribution in [0.4, 0.5) is 13.2 Å². The highest BCUT2D eigenvalue weighted by atomic mass is 19.4. The molecule has 60 valence electrons. The molecular weight excluding hydrogens is 157 g/mol. The van der Waals surface area contributed by atoms with Gasteiger partial charge in [-0.25, -0.2) is 0 Å². The van der Waals surface area contributed by atoms with E-state index in [2.05, 4.69) is 0 Å². The van der Waals surface area contributed by atoms with Crippen molar-refractivity contribution in [2.75, 3.05) is 0 Å². The molecule has 1 aromatic carbocycles. The van der Waals surface area contributed by atoms with Gasteiger partial charge in [0.2, 0.25) is 0 Å². The fourth-order valence-corrected chi connectivity index (χ4v) is 0.701. The van der Waals surface area contributed by atoms with Gasteiger partial charge < -0.3 is 5.11 Å². The normalized spacial score (nSPS) is 11.5. The summed E-state index contributed by atoms with van der Waals surface area (Å²) in [7, 11) is 0. The Bertz CT molecular complexity index is 254. The Hall–Kier alpha value is -1.19. The summed E-state index contributed by atoms with van der Waals surface area (Å²) in [6, 6.07) is 4.12. The van der Waals surface area contributed by atoms with Crippen LogP contribution in [-0.4, -0.2) is 0 Å². The van der Waals surface area contributed by atoms with Gasteiger partial charge in [-0.05, 0) is 0 Å². The molecule has 1 nitrogen and oxygen atoms in total. The Kier molecular flexibility index (Phi) is 1.76. The van der Waals surface area contributed by atoms with E-state index in [-0.39, 0.29) is 0 Å². The highest BCUT2D eigenvalue weighted by Gasteiger charge is 2.30. The third kappa shape index (κ3) is 1.63. The lowest BCUT2D eigenvalue weighted by Crippen LogP contribution is -2.08. The minimum Gasteiger partial charge on any atom is -0.872 e. The van der Waals surface area contributed by atoms with Crippen molar-refractivity contribution < 1.29 is 18.3 Å². The highest BCUT2D eigenvalue weighted by Crippen LogP contribution is 2.33. The van der Waals surface area contributed by atoms with Crippen LogP contribution in [0, 0.1) is 0 Å². The van der Waals surface area contributed by atoms with Gasteiger partial charge in [-0.1, -0.05) is 30.0 Å². The smallest absolute Gasteiger partial charge is 0.415 e. The van der Waals surface area contributed by atoms with Crippen LogP contribution in [0.5, 0.6) is 5.75 Å². The molecule has 0 fully saturated rings. The second-order valence-electron chi connectivity index (χ2n) is 1.99. The minimum atomic E-state index is -4.53. The summed E-state index contributed by atoms with van der Waals surface area (Å²) in [5.41, 5.74) is -1.11. The van der Waals surface area contributed by atoms with E-state index in [1.165, 1.54) is 12.1 Å². The molecule has 1 aromatic rings. The molecule has 0 bridgehead atoms. The van der Waals surface area contributed by atoms with Crippen molar-refractivity contribution in [3.63, 3.8) is 0 Å². The number of halogens is 3. The second-order valence-corrected chi connectivity index (χ2v) is 1.99. The molecule has 4 heteroatoms. The fraction of sp³-hybridized carbons (Fsp3) is 0.143. The Morgan fingerprint density at radius 2 is 1.64 bits per heavy atom. The highest BCUT2D eigenvalue weighted by molar-refractivity contribution is 5.32. The van der Waals surface area contributed by atoms with Crippen LogP contribution >= 0.6 is 0 Å². The van der Waals surface area contributed by atoms with Gasteiger partial charge in [-0.15, -0.1) is 0 Å². The summed E-state index contributed by atoms with van der Waals surface area (Å²) in [6.07, 6.45) is -4.53. The maximum Gasteiger partial charge on any atom is 0.415 e. The molecule has 1 rings (SSSR count). The summed E-state index contributed by atoms with van der Waals surface area (Å²) < 4.78 is 35.5. The first-order valence-electron chi connectivity index (χ1n) is 2.85. The van der Waals surface area contributed by atoms with Crippen LogP contribution < -0.4 is 5.11 Å². The molecule has 0 aliphatic rings. The monoisotopic (exact) mass is 161 g/mol. The molecule has 0 N–H and O–H groups in total. The molecular formula is C7H4F3O-. The molecule has 0 saturated carbocycles. The molecule has 0 aliphatic heterocycles. The van der Waals surface area contributed by atoms with Crippen LogP contribution in [0.2, 0.25) is 0 Å². The van der Waals surface area contributed by atoms with Gasteiger partial charge in [0.05, 0.1) is 0 Å². The molecule has 0 amide bonds. The quantitative estimate of drug-likeness (QED) is 0.568. The van der Waals surface area contributed by atoms with Crippen molar-refractivity contribution in [3.8, 4) is 5.75 Å². The van der Waals surface area contributed by atoms with Crippen molar-refractivity contribution in [3.05, 3.63) is 29.8 Å². The van der Waals surface area contributed by atoms with E-state index >= 15 is 0 Å². The number of alkyl halides is 3. The maximum atomic E-state index is 11.8. The van der Waals surface area contributed by atoms with Crippen molar-refractivity contribution in [1.82, 2.24) is 0 Å². The van der Waals surface area contributed by atoms with Gasteiger partial charge in [0.15, 0.2) is 0 Å². The topological polar surface area (TPSA) is 23.1 Å². The number of benzene rings is 1. The summed E-state index contributed by atoms with van der Waals surface area (Å²) in [5.74, 6) is -0.986. The van der Waals surface area contributed by atoms with Crippen molar-refractivity contribution >= 4 is 0 Å². The van der Waals surface area contributed by atoms with Gasteiger partial charge in [0.1, 0.15) is 0 Å². The largest absolute Gasteiger partial charge is 0.872 e. The van der Waals surface area contributed by atoms with E-state index in [1.54, 1.807) is 0 Å². The molecule has 0 aromatic heterocycles. The third-order valence-electron chi connectivity index (χ3n) is 1.19. The number of para-hydroxylation sites is 1.